The van der Waals surface area contributed by atoms with Crippen LogP contribution >= 0.6 is 11.8 Å². The van der Waals surface area contributed by atoms with E-state index in [0.29, 0.717) is 6.04 Å². The zero-order valence-electron chi connectivity index (χ0n) is 13.2. The molecule has 1 aliphatic heterocycles. The van der Waals surface area contributed by atoms with E-state index in [1.54, 1.807) is 0 Å². The highest BCUT2D eigenvalue weighted by molar-refractivity contribution is 7.99. The van der Waals surface area contributed by atoms with E-state index in [1.807, 2.05) is 17.8 Å². The first-order chi connectivity index (χ1) is 10.7. The van der Waals surface area contributed by atoms with Gasteiger partial charge in [-0.25, -0.2) is 0 Å². The Hall–Kier alpha value is -1.45. The molecule has 3 heteroatoms. The quantitative estimate of drug-likeness (QED) is 0.856. The summed E-state index contributed by atoms with van der Waals surface area (Å²) >= 11 is 1.96. The zero-order valence-corrected chi connectivity index (χ0v) is 14.0. The van der Waals surface area contributed by atoms with Crippen LogP contribution in [0.4, 0.5) is 0 Å². The Morgan fingerprint density at radius 1 is 1.18 bits per heavy atom. The Labute approximate surface area is 137 Å². The van der Waals surface area contributed by atoms with Gasteiger partial charge in [-0.1, -0.05) is 30.3 Å². The molecule has 2 nitrogen and oxygen atoms in total. The summed E-state index contributed by atoms with van der Waals surface area (Å²) in [5.74, 6) is 2.14. The summed E-state index contributed by atoms with van der Waals surface area (Å²) in [5.41, 5.74) is 2.71. The van der Waals surface area contributed by atoms with Crippen molar-refractivity contribution in [2.45, 2.75) is 43.9 Å². The second-order valence-corrected chi connectivity index (χ2v) is 7.06. The Balaban J connectivity index is 1.66. The van der Waals surface area contributed by atoms with Gasteiger partial charge in [-0.15, -0.1) is 11.8 Å². The van der Waals surface area contributed by atoms with Crippen LogP contribution in [0.1, 0.15) is 37.4 Å². The molecule has 0 aliphatic carbocycles. The first kappa shape index (κ1) is 15.4. The highest BCUT2D eigenvalue weighted by atomic mass is 32.2. The molecule has 0 radical (unpaired) electrons. The lowest BCUT2D eigenvalue weighted by molar-refractivity contribution is 0.242. The molecule has 0 bridgehead atoms. The van der Waals surface area contributed by atoms with Gasteiger partial charge in [0.05, 0.1) is 6.10 Å². The monoisotopic (exact) mass is 313 g/mol. The number of rotatable bonds is 5. The van der Waals surface area contributed by atoms with Crippen LogP contribution in [0.3, 0.4) is 0 Å². The molecule has 3 rings (SSSR count). The van der Waals surface area contributed by atoms with Crippen molar-refractivity contribution in [3.8, 4) is 5.75 Å². The predicted octanol–water partition coefficient (Wildman–Crippen LogP) is 4.80. The van der Waals surface area contributed by atoms with Gasteiger partial charge in [0.1, 0.15) is 5.75 Å². The third-order valence-electron chi connectivity index (χ3n) is 3.78. The van der Waals surface area contributed by atoms with E-state index >= 15 is 0 Å². The fourth-order valence-corrected chi connectivity index (χ4v) is 3.92. The van der Waals surface area contributed by atoms with Crippen LogP contribution in [0, 0.1) is 0 Å². The standard InChI is InChI=1S/C19H23NOS/c1-14(2)21-16-7-5-6-15(12-16)13-20-18-10-11-22-19-9-4-3-8-17(18)19/h3-9,12,14,18,20H,10-11,13H2,1-2H3. The van der Waals surface area contributed by atoms with E-state index < -0.39 is 0 Å². The fourth-order valence-electron chi connectivity index (χ4n) is 2.80. The van der Waals surface area contributed by atoms with Crippen molar-refractivity contribution in [3.63, 3.8) is 0 Å². The Bertz CT molecular complexity index is 626. The summed E-state index contributed by atoms with van der Waals surface area (Å²) in [6.07, 6.45) is 1.40. The Morgan fingerprint density at radius 2 is 2.05 bits per heavy atom. The van der Waals surface area contributed by atoms with E-state index in [4.69, 9.17) is 4.74 Å². The first-order valence-corrected chi connectivity index (χ1v) is 8.91. The van der Waals surface area contributed by atoms with Gasteiger partial charge < -0.3 is 10.1 Å². The smallest absolute Gasteiger partial charge is 0.120 e. The number of nitrogens with one attached hydrogen (secondary N) is 1. The normalized spacial score (nSPS) is 17.3. The summed E-state index contributed by atoms with van der Waals surface area (Å²) in [6.45, 7) is 4.99. The molecular formula is C19H23NOS. The lowest BCUT2D eigenvalue weighted by Crippen LogP contribution is -2.24. The van der Waals surface area contributed by atoms with Crippen LogP contribution in [0.25, 0.3) is 0 Å². The molecule has 0 amide bonds. The molecule has 2 aromatic carbocycles. The molecule has 1 unspecified atom stereocenters. The molecule has 1 aliphatic rings. The summed E-state index contributed by atoms with van der Waals surface area (Å²) in [4.78, 5) is 1.42. The number of thioether (sulfide) groups is 1. The minimum atomic E-state index is 0.213. The Morgan fingerprint density at radius 3 is 2.91 bits per heavy atom. The highest BCUT2D eigenvalue weighted by Gasteiger charge is 2.19. The second-order valence-electron chi connectivity index (χ2n) is 5.92. The predicted molar refractivity (Wildman–Crippen MR) is 93.6 cm³/mol. The Kier molecular flexibility index (Phi) is 5.06. The summed E-state index contributed by atoms with van der Waals surface area (Å²) in [7, 11) is 0. The van der Waals surface area contributed by atoms with Crippen molar-refractivity contribution in [1.82, 2.24) is 5.32 Å². The average Bonchev–Trinajstić information content (AvgIpc) is 2.52. The first-order valence-electron chi connectivity index (χ1n) is 7.93. The molecule has 0 fully saturated rings. The van der Waals surface area contributed by atoms with Crippen LogP contribution in [-0.2, 0) is 6.54 Å². The number of ether oxygens (including phenoxy) is 1. The van der Waals surface area contributed by atoms with Crippen LogP contribution in [0.2, 0.25) is 0 Å². The van der Waals surface area contributed by atoms with Gasteiger partial charge in [-0.3, -0.25) is 0 Å². The molecule has 1 N–H and O–H groups in total. The maximum absolute atomic E-state index is 5.77. The lowest BCUT2D eigenvalue weighted by Gasteiger charge is -2.26. The molecule has 0 saturated heterocycles. The maximum atomic E-state index is 5.77. The van der Waals surface area contributed by atoms with Crippen LogP contribution < -0.4 is 10.1 Å². The van der Waals surface area contributed by atoms with Crippen molar-refractivity contribution in [2.24, 2.45) is 0 Å². The van der Waals surface area contributed by atoms with Crippen molar-refractivity contribution in [3.05, 3.63) is 59.7 Å². The second kappa shape index (κ2) is 7.21. The van der Waals surface area contributed by atoms with E-state index in [-0.39, 0.29) is 6.10 Å². The van der Waals surface area contributed by atoms with E-state index in [9.17, 15) is 0 Å². The molecule has 116 valence electrons. The van der Waals surface area contributed by atoms with Crippen molar-refractivity contribution in [2.75, 3.05) is 5.75 Å². The van der Waals surface area contributed by atoms with E-state index in [0.717, 1.165) is 12.3 Å². The van der Waals surface area contributed by atoms with Gasteiger partial charge in [0.15, 0.2) is 0 Å². The summed E-state index contributed by atoms with van der Waals surface area (Å²) < 4.78 is 5.77. The van der Waals surface area contributed by atoms with Crippen molar-refractivity contribution >= 4 is 11.8 Å². The SMILES string of the molecule is CC(C)Oc1cccc(CNC2CCSc3ccccc32)c1. The van der Waals surface area contributed by atoms with Gasteiger partial charge in [0, 0.05) is 17.5 Å². The third kappa shape index (κ3) is 3.84. The minimum Gasteiger partial charge on any atom is -0.491 e. The van der Waals surface area contributed by atoms with Gasteiger partial charge in [-0.05, 0) is 55.3 Å². The summed E-state index contributed by atoms with van der Waals surface area (Å²) in [6, 6.07) is 17.6. The largest absolute Gasteiger partial charge is 0.491 e. The number of hydrogen-bond donors (Lipinski definition) is 1. The van der Waals surface area contributed by atoms with Crippen LogP contribution in [0.15, 0.2) is 53.4 Å². The number of fused-ring (bicyclic) bond motifs is 1. The lowest BCUT2D eigenvalue weighted by atomic mass is 10.0. The number of hydrogen-bond acceptors (Lipinski definition) is 3. The fraction of sp³-hybridized carbons (Fsp3) is 0.368. The minimum absolute atomic E-state index is 0.213. The van der Waals surface area contributed by atoms with Gasteiger partial charge >= 0.3 is 0 Å². The van der Waals surface area contributed by atoms with Crippen LogP contribution in [0.5, 0.6) is 5.75 Å². The maximum Gasteiger partial charge on any atom is 0.120 e. The molecule has 22 heavy (non-hydrogen) atoms. The van der Waals surface area contributed by atoms with E-state index in [1.165, 1.54) is 28.2 Å². The zero-order chi connectivity index (χ0) is 15.4. The molecule has 1 heterocycles. The van der Waals surface area contributed by atoms with Gasteiger partial charge in [0.2, 0.25) is 0 Å². The van der Waals surface area contributed by atoms with Gasteiger partial charge in [0.25, 0.3) is 0 Å². The molecule has 0 aromatic heterocycles. The molecule has 1 atom stereocenters. The highest BCUT2D eigenvalue weighted by Crippen LogP contribution is 2.35. The topological polar surface area (TPSA) is 21.3 Å². The molecule has 2 aromatic rings. The van der Waals surface area contributed by atoms with Crippen molar-refractivity contribution in [1.29, 1.82) is 0 Å². The third-order valence-corrected chi connectivity index (χ3v) is 4.90. The average molecular weight is 313 g/mol. The van der Waals surface area contributed by atoms with Crippen LogP contribution in [-0.4, -0.2) is 11.9 Å². The summed E-state index contributed by atoms with van der Waals surface area (Å²) in [5, 5.41) is 3.71. The molecule has 0 spiro atoms. The van der Waals surface area contributed by atoms with Gasteiger partial charge in [-0.2, -0.15) is 0 Å². The van der Waals surface area contributed by atoms with E-state index in [2.05, 4.69) is 61.6 Å². The number of benzene rings is 2. The molecule has 0 saturated carbocycles. The van der Waals surface area contributed by atoms with Crippen molar-refractivity contribution < 1.29 is 4.74 Å². The molecular weight excluding hydrogens is 290 g/mol.